The van der Waals surface area contributed by atoms with Gasteiger partial charge in [-0.15, -0.1) is 11.3 Å². The van der Waals surface area contributed by atoms with Gasteiger partial charge in [-0.2, -0.15) is 0 Å². The second-order valence-corrected chi connectivity index (χ2v) is 6.72. The molecule has 5 nitrogen and oxygen atoms in total. The Bertz CT molecular complexity index is 663. The number of rotatable bonds is 6. The fraction of sp³-hybridized carbons (Fsp3) is 0.231. The fourth-order valence-corrected chi connectivity index (χ4v) is 4.24. The van der Waals surface area contributed by atoms with E-state index in [1.54, 1.807) is 49.9 Å². The third-order valence-electron chi connectivity index (χ3n) is 2.67. The maximum atomic E-state index is 12.3. The molecule has 1 heterocycles. The van der Waals surface area contributed by atoms with Crippen molar-refractivity contribution in [1.82, 2.24) is 5.32 Å². The number of sulfonamides is 1. The molecule has 0 bridgehead atoms. The molecule has 2 N–H and O–H groups in total. The molecule has 20 heavy (non-hydrogen) atoms. The van der Waals surface area contributed by atoms with Gasteiger partial charge in [0.1, 0.15) is 10.6 Å². The number of hydrogen-bond donors (Lipinski definition) is 2. The smallest absolute Gasteiger partial charge is 0.263 e. The number of hydrogen-bond acceptors (Lipinski definition) is 5. The minimum Gasteiger partial charge on any atom is -0.497 e. The van der Waals surface area contributed by atoms with Gasteiger partial charge in [0.05, 0.1) is 7.11 Å². The summed E-state index contributed by atoms with van der Waals surface area (Å²) in [6, 6.07) is 8.37. The van der Waals surface area contributed by atoms with E-state index in [9.17, 15) is 8.42 Å². The minimum absolute atomic E-state index is 0.313. The van der Waals surface area contributed by atoms with Crippen molar-refractivity contribution < 1.29 is 13.2 Å². The zero-order valence-corrected chi connectivity index (χ0v) is 12.8. The molecule has 2 aromatic rings. The summed E-state index contributed by atoms with van der Waals surface area (Å²) in [5.41, 5.74) is 0.507. The van der Waals surface area contributed by atoms with Crippen LogP contribution in [0.3, 0.4) is 0 Å². The van der Waals surface area contributed by atoms with Gasteiger partial charge >= 0.3 is 0 Å². The molecule has 0 spiro atoms. The van der Waals surface area contributed by atoms with E-state index in [0.29, 0.717) is 22.9 Å². The highest BCUT2D eigenvalue weighted by Gasteiger charge is 2.19. The van der Waals surface area contributed by atoms with Gasteiger partial charge in [-0.1, -0.05) is 0 Å². The van der Waals surface area contributed by atoms with Crippen LogP contribution in [0.1, 0.15) is 4.88 Å². The van der Waals surface area contributed by atoms with Gasteiger partial charge in [-0.25, -0.2) is 8.42 Å². The van der Waals surface area contributed by atoms with Crippen LogP contribution in [0.4, 0.5) is 5.69 Å². The fourth-order valence-electron chi connectivity index (χ4n) is 1.73. The molecule has 0 saturated heterocycles. The van der Waals surface area contributed by atoms with E-state index in [-0.39, 0.29) is 0 Å². The molecule has 0 atom stereocenters. The molecule has 108 valence electrons. The molecule has 0 aliphatic rings. The molecule has 0 amide bonds. The topological polar surface area (TPSA) is 67.4 Å². The van der Waals surface area contributed by atoms with Crippen LogP contribution in [0.5, 0.6) is 5.75 Å². The lowest BCUT2D eigenvalue weighted by Crippen LogP contribution is -2.15. The average molecular weight is 312 g/mol. The number of anilines is 1. The van der Waals surface area contributed by atoms with Crippen molar-refractivity contribution in [1.29, 1.82) is 0 Å². The van der Waals surface area contributed by atoms with E-state index < -0.39 is 10.0 Å². The third-order valence-corrected chi connectivity index (χ3v) is 5.19. The Hall–Kier alpha value is -1.57. The summed E-state index contributed by atoms with van der Waals surface area (Å²) in [7, 11) is -0.214. The van der Waals surface area contributed by atoms with E-state index in [1.165, 1.54) is 11.3 Å². The summed E-state index contributed by atoms with van der Waals surface area (Å²) in [5.74, 6) is 0.680. The molecule has 1 aromatic carbocycles. The van der Waals surface area contributed by atoms with Crippen molar-refractivity contribution in [3.63, 3.8) is 0 Å². The lowest BCUT2D eigenvalue weighted by Gasteiger charge is -2.09. The second kappa shape index (κ2) is 6.25. The Morgan fingerprint density at radius 2 is 1.90 bits per heavy atom. The van der Waals surface area contributed by atoms with Crippen LogP contribution in [0.15, 0.2) is 40.6 Å². The average Bonchev–Trinajstić information content (AvgIpc) is 2.89. The van der Waals surface area contributed by atoms with E-state index in [1.807, 2.05) is 0 Å². The lowest BCUT2D eigenvalue weighted by atomic mass is 10.3. The maximum absolute atomic E-state index is 12.3. The molecular formula is C13H16N2O3S2. The number of ether oxygens (including phenoxy) is 1. The summed E-state index contributed by atoms with van der Waals surface area (Å²) >= 11 is 1.42. The van der Waals surface area contributed by atoms with Gasteiger partial charge in [0, 0.05) is 17.1 Å². The minimum atomic E-state index is -3.56. The van der Waals surface area contributed by atoms with Crippen molar-refractivity contribution in [2.24, 2.45) is 0 Å². The Labute approximate surface area is 122 Å². The summed E-state index contributed by atoms with van der Waals surface area (Å²) < 4.78 is 32.3. The largest absolute Gasteiger partial charge is 0.497 e. The Morgan fingerprint density at radius 3 is 2.50 bits per heavy atom. The predicted molar refractivity (Wildman–Crippen MR) is 80.9 cm³/mol. The van der Waals surface area contributed by atoms with Gasteiger partial charge in [0.2, 0.25) is 0 Å². The number of methoxy groups -OCH3 is 1. The van der Waals surface area contributed by atoms with Crippen molar-refractivity contribution in [3.05, 3.63) is 40.6 Å². The molecular weight excluding hydrogens is 296 g/mol. The maximum Gasteiger partial charge on any atom is 0.263 e. The number of thiophene rings is 1. The van der Waals surface area contributed by atoms with Gasteiger partial charge < -0.3 is 10.1 Å². The standard InChI is InChI=1S/C13H16N2O3S2/c1-14-9-12-13(7-8-19-12)20(16,17)15-10-3-5-11(18-2)6-4-10/h3-8,14-15H,9H2,1-2H3. The Balaban J connectivity index is 2.23. The van der Waals surface area contributed by atoms with Gasteiger partial charge in [0.25, 0.3) is 10.0 Å². The van der Waals surface area contributed by atoms with Crippen molar-refractivity contribution in [2.75, 3.05) is 18.9 Å². The zero-order chi connectivity index (χ0) is 14.6. The second-order valence-electron chi connectivity index (χ2n) is 4.07. The van der Waals surface area contributed by atoms with Crippen molar-refractivity contribution in [3.8, 4) is 5.75 Å². The van der Waals surface area contributed by atoms with E-state index in [0.717, 1.165) is 4.88 Å². The van der Waals surface area contributed by atoms with Crippen molar-refractivity contribution in [2.45, 2.75) is 11.4 Å². The van der Waals surface area contributed by atoms with Crippen LogP contribution in [0, 0.1) is 0 Å². The van der Waals surface area contributed by atoms with Crippen LogP contribution < -0.4 is 14.8 Å². The monoisotopic (exact) mass is 312 g/mol. The molecule has 7 heteroatoms. The highest BCUT2D eigenvalue weighted by atomic mass is 32.2. The normalized spacial score (nSPS) is 11.3. The predicted octanol–water partition coefficient (Wildman–Crippen LogP) is 2.28. The highest BCUT2D eigenvalue weighted by molar-refractivity contribution is 7.93. The summed E-state index contributed by atoms with van der Waals surface area (Å²) in [4.78, 5) is 1.10. The molecule has 0 aliphatic carbocycles. The molecule has 2 rings (SSSR count). The van der Waals surface area contributed by atoms with E-state index >= 15 is 0 Å². The molecule has 0 saturated carbocycles. The Morgan fingerprint density at radius 1 is 1.20 bits per heavy atom. The number of nitrogens with one attached hydrogen (secondary N) is 2. The van der Waals surface area contributed by atoms with Gasteiger partial charge in [-0.05, 0) is 42.8 Å². The van der Waals surface area contributed by atoms with Crippen LogP contribution in [0.2, 0.25) is 0 Å². The van der Waals surface area contributed by atoms with Crippen LogP contribution in [0.25, 0.3) is 0 Å². The quantitative estimate of drug-likeness (QED) is 0.859. The Kier molecular flexibility index (Phi) is 4.64. The van der Waals surface area contributed by atoms with Gasteiger partial charge in [0.15, 0.2) is 0 Å². The van der Waals surface area contributed by atoms with E-state index in [4.69, 9.17) is 4.74 Å². The molecule has 0 radical (unpaired) electrons. The molecule has 0 unspecified atom stereocenters. The molecule has 0 fully saturated rings. The van der Waals surface area contributed by atoms with Crippen LogP contribution in [-0.2, 0) is 16.6 Å². The number of benzene rings is 1. The first kappa shape index (κ1) is 14.8. The van der Waals surface area contributed by atoms with Crippen LogP contribution in [-0.4, -0.2) is 22.6 Å². The summed E-state index contributed by atoms with van der Waals surface area (Å²) in [5, 5.41) is 4.74. The van der Waals surface area contributed by atoms with E-state index in [2.05, 4.69) is 10.0 Å². The third kappa shape index (κ3) is 3.30. The summed E-state index contributed by atoms with van der Waals surface area (Å²) in [6.07, 6.45) is 0. The molecule has 0 aliphatic heterocycles. The first-order valence-corrected chi connectivity index (χ1v) is 8.31. The van der Waals surface area contributed by atoms with Crippen molar-refractivity contribution >= 4 is 27.0 Å². The van der Waals surface area contributed by atoms with Crippen LogP contribution >= 0.6 is 11.3 Å². The first-order valence-electron chi connectivity index (χ1n) is 5.94. The van der Waals surface area contributed by atoms with Gasteiger partial charge in [-0.3, -0.25) is 4.72 Å². The lowest BCUT2D eigenvalue weighted by molar-refractivity contribution is 0.415. The highest BCUT2D eigenvalue weighted by Crippen LogP contribution is 2.25. The summed E-state index contributed by atoms with van der Waals surface area (Å²) in [6.45, 7) is 0.524. The zero-order valence-electron chi connectivity index (χ0n) is 11.2. The first-order chi connectivity index (χ1) is 9.56. The molecule has 1 aromatic heterocycles. The SMILES string of the molecule is CNCc1sccc1S(=O)(=O)Nc1ccc(OC)cc1.